The van der Waals surface area contributed by atoms with Gasteiger partial charge in [-0.2, -0.15) is 0 Å². The van der Waals surface area contributed by atoms with Crippen LogP contribution in [0.4, 0.5) is 0 Å². The lowest BCUT2D eigenvalue weighted by molar-refractivity contribution is 0.1000. The zero-order chi connectivity index (χ0) is 9.26. The normalized spacial score (nSPS) is 15.1. The van der Waals surface area contributed by atoms with Gasteiger partial charge in [-0.25, -0.2) is 0 Å². The molecule has 1 radical (unpaired) electrons. The predicted molar refractivity (Wildman–Crippen MR) is 48.0 cm³/mol. The first-order chi connectivity index (χ1) is 6.27. The molecule has 1 aromatic carbocycles. The SMILES string of the molecule is NC(=O)c1ccc2c(c1)CCO[CH]2. The van der Waals surface area contributed by atoms with Crippen molar-refractivity contribution >= 4 is 5.91 Å². The molecule has 1 aliphatic rings. The van der Waals surface area contributed by atoms with Crippen LogP contribution in [0.25, 0.3) is 0 Å². The molecule has 1 aliphatic heterocycles. The lowest BCUT2D eigenvalue weighted by atomic mass is 10.0. The number of hydrogen-bond acceptors (Lipinski definition) is 2. The molecular weight excluding hydrogens is 166 g/mol. The molecule has 0 bridgehead atoms. The molecule has 1 amide bonds. The van der Waals surface area contributed by atoms with E-state index in [9.17, 15) is 4.79 Å². The minimum atomic E-state index is -0.380. The van der Waals surface area contributed by atoms with Crippen molar-refractivity contribution in [1.29, 1.82) is 0 Å². The Kier molecular flexibility index (Phi) is 2.02. The first kappa shape index (κ1) is 8.26. The second-order valence-electron chi connectivity index (χ2n) is 3.02. The van der Waals surface area contributed by atoms with Gasteiger partial charge >= 0.3 is 0 Å². The largest absolute Gasteiger partial charge is 0.370 e. The van der Waals surface area contributed by atoms with Gasteiger partial charge in [0.05, 0.1) is 6.61 Å². The summed E-state index contributed by atoms with van der Waals surface area (Å²) < 4.78 is 5.16. The second-order valence-corrected chi connectivity index (χ2v) is 3.02. The Hall–Kier alpha value is -1.35. The fourth-order valence-corrected chi connectivity index (χ4v) is 1.41. The van der Waals surface area contributed by atoms with E-state index in [1.165, 1.54) is 0 Å². The molecule has 0 spiro atoms. The number of benzene rings is 1. The summed E-state index contributed by atoms with van der Waals surface area (Å²) in [6.07, 6.45) is 0.840. The Bertz CT molecular complexity index is 347. The highest BCUT2D eigenvalue weighted by Crippen LogP contribution is 2.19. The number of amides is 1. The summed E-state index contributed by atoms with van der Waals surface area (Å²) in [6.45, 7) is 2.39. The number of carbonyl (C=O) groups excluding carboxylic acids is 1. The molecule has 0 unspecified atom stereocenters. The Morgan fingerprint density at radius 3 is 3.08 bits per heavy atom. The summed E-state index contributed by atoms with van der Waals surface area (Å²) in [5, 5.41) is 0. The van der Waals surface area contributed by atoms with Crippen molar-refractivity contribution in [3.05, 3.63) is 41.5 Å². The summed E-state index contributed by atoms with van der Waals surface area (Å²) in [4.78, 5) is 10.9. The molecule has 0 aliphatic carbocycles. The molecule has 0 atom stereocenters. The maximum atomic E-state index is 10.9. The van der Waals surface area contributed by atoms with Gasteiger partial charge in [-0.1, -0.05) is 6.07 Å². The maximum Gasteiger partial charge on any atom is 0.248 e. The number of hydrogen-bond donors (Lipinski definition) is 1. The highest BCUT2D eigenvalue weighted by atomic mass is 16.5. The highest BCUT2D eigenvalue weighted by molar-refractivity contribution is 5.93. The molecule has 0 fully saturated rings. The Morgan fingerprint density at radius 1 is 1.46 bits per heavy atom. The van der Waals surface area contributed by atoms with Gasteiger partial charge in [-0.3, -0.25) is 4.79 Å². The van der Waals surface area contributed by atoms with Gasteiger partial charge in [0.2, 0.25) is 5.91 Å². The molecule has 2 rings (SSSR count). The molecule has 13 heavy (non-hydrogen) atoms. The fraction of sp³-hybridized carbons (Fsp3) is 0.200. The van der Waals surface area contributed by atoms with Crippen molar-refractivity contribution in [2.75, 3.05) is 6.61 Å². The number of ether oxygens (including phenoxy) is 1. The Balaban J connectivity index is 2.40. The number of nitrogens with two attached hydrogens (primary N) is 1. The molecule has 67 valence electrons. The van der Waals surface area contributed by atoms with Gasteiger partial charge in [0, 0.05) is 5.56 Å². The summed E-state index contributed by atoms with van der Waals surface area (Å²) in [7, 11) is 0. The van der Waals surface area contributed by atoms with E-state index < -0.39 is 0 Å². The van der Waals surface area contributed by atoms with Crippen LogP contribution < -0.4 is 5.73 Å². The van der Waals surface area contributed by atoms with Crippen LogP contribution in [0.1, 0.15) is 21.5 Å². The zero-order valence-electron chi connectivity index (χ0n) is 7.12. The van der Waals surface area contributed by atoms with Crippen LogP contribution in [0.5, 0.6) is 0 Å². The van der Waals surface area contributed by atoms with Crippen molar-refractivity contribution in [3.8, 4) is 0 Å². The van der Waals surface area contributed by atoms with E-state index in [0.717, 1.165) is 17.5 Å². The third-order valence-corrected chi connectivity index (χ3v) is 2.13. The smallest absolute Gasteiger partial charge is 0.248 e. The van der Waals surface area contributed by atoms with Gasteiger partial charge in [-0.15, -0.1) is 0 Å². The van der Waals surface area contributed by atoms with Crippen molar-refractivity contribution in [3.63, 3.8) is 0 Å². The summed E-state index contributed by atoms with van der Waals surface area (Å²) in [6, 6.07) is 5.40. The first-order valence-corrected chi connectivity index (χ1v) is 4.15. The van der Waals surface area contributed by atoms with E-state index in [0.29, 0.717) is 12.2 Å². The maximum absolute atomic E-state index is 10.9. The van der Waals surface area contributed by atoms with Gasteiger partial charge in [0.1, 0.15) is 6.61 Å². The lowest BCUT2D eigenvalue weighted by Crippen LogP contribution is -2.14. The number of carbonyl (C=O) groups is 1. The fourth-order valence-electron chi connectivity index (χ4n) is 1.41. The standard InChI is InChI=1S/C10H10NO2/c11-10(12)8-1-2-9-6-13-4-3-7(9)5-8/h1-2,5-6H,3-4H2,(H2,11,12). The minimum absolute atomic E-state index is 0.380. The van der Waals surface area contributed by atoms with E-state index in [2.05, 4.69) is 0 Å². The average molecular weight is 176 g/mol. The quantitative estimate of drug-likeness (QED) is 0.690. The van der Waals surface area contributed by atoms with Crippen LogP contribution in [-0.4, -0.2) is 12.5 Å². The van der Waals surface area contributed by atoms with E-state index in [-0.39, 0.29) is 5.91 Å². The van der Waals surface area contributed by atoms with Crippen LogP contribution >= 0.6 is 0 Å². The number of rotatable bonds is 1. The molecule has 0 saturated heterocycles. The summed E-state index contributed by atoms with van der Waals surface area (Å²) in [5.74, 6) is -0.380. The van der Waals surface area contributed by atoms with Gasteiger partial charge in [-0.05, 0) is 29.7 Å². The van der Waals surface area contributed by atoms with Gasteiger partial charge < -0.3 is 10.5 Å². The third kappa shape index (κ3) is 1.55. The van der Waals surface area contributed by atoms with Crippen LogP contribution in [0.2, 0.25) is 0 Å². The van der Waals surface area contributed by atoms with E-state index in [4.69, 9.17) is 10.5 Å². The van der Waals surface area contributed by atoms with Crippen molar-refractivity contribution < 1.29 is 9.53 Å². The average Bonchev–Trinajstić information content (AvgIpc) is 2.17. The Labute approximate surface area is 76.5 Å². The predicted octanol–water partition coefficient (Wildman–Crippen LogP) is 0.868. The topological polar surface area (TPSA) is 52.3 Å². The van der Waals surface area contributed by atoms with Crippen molar-refractivity contribution in [2.24, 2.45) is 5.73 Å². The first-order valence-electron chi connectivity index (χ1n) is 4.15. The van der Waals surface area contributed by atoms with Crippen molar-refractivity contribution in [2.45, 2.75) is 6.42 Å². The third-order valence-electron chi connectivity index (χ3n) is 2.13. The van der Waals surface area contributed by atoms with Crippen LogP contribution in [-0.2, 0) is 11.2 Å². The summed E-state index contributed by atoms with van der Waals surface area (Å²) in [5.41, 5.74) is 7.90. The molecular formula is C10H10NO2. The van der Waals surface area contributed by atoms with Gasteiger partial charge in [0.25, 0.3) is 0 Å². The minimum Gasteiger partial charge on any atom is -0.370 e. The molecule has 0 aromatic heterocycles. The highest BCUT2D eigenvalue weighted by Gasteiger charge is 2.11. The van der Waals surface area contributed by atoms with Crippen molar-refractivity contribution in [1.82, 2.24) is 0 Å². The molecule has 3 nitrogen and oxygen atoms in total. The number of fused-ring (bicyclic) bond motifs is 1. The Morgan fingerprint density at radius 2 is 2.31 bits per heavy atom. The lowest BCUT2D eigenvalue weighted by Gasteiger charge is -2.15. The molecule has 1 aromatic rings. The van der Waals surface area contributed by atoms with Crippen LogP contribution in [0, 0.1) is 6.61 Å². The second kappa shape index (κ2) is 3.18. The van der Waals surface area contributed by atoms with Crippen LogP contribution in [0.15, 0.2) is 18.2 Å². The monoisotopic (exact) mass is 176 g/mol. The summed E-state index contributed by atoms with van der Waals surface area (Å²) >= 11 is 0. The van der Waals surface area contributed by atoms with E-state index >= 15 is 0 Å². The molecule has 1 heterocycles. The van der Waals surface area contributed by atoms with E-state index in [1.807, 2.05) is 12.1 Å². The molecule has 3 heteroatoms. The zero-order valence-corrected chi connectivity index (χ0v) is 7.12. The molecule has 0 saturated carbocycles. The van der Waals surface area contributed by atoms with E-state index in [1.54, 1.807) is 12.7 Å². The molecule has 2 N–H and O–H groups in total. The van der Waals surface area contributed by atoms with Gasteiger partial charge in [0.15, 0.2) is 0 Å². The van der Waals surface area contributed by atoms with Crippen LogP contribution in [0.3, 0.4) is 0 Å². The number of primary amides is 1.